The Labute approximate surface area is 131 Å². The number of hydrogen-bond donors (Lipinski definition) is 1. The van der Waals surface area contributed by atoms with Crippen molar-refractivity contribution in [1.82, 2.24) is 9.80 Å². The molecule has 0 amide bonds. The third kappa shape index (κ3) is 7.42. The Kier molecular flexibility index (Phi) is 9.97. The number of allylic oxidation sites excluding steroid dienone is 1. The molecule has 1 aromatic carbocycles. The molecule has 3 heteroatoms. The lowest BCUT2D eigenvalue weighted by molar-refractivity contribution is 0.0149. The summed E-state index contributed by atoms with van der Waals surface area (Å²) >= 11 is 0. The Bertz CT molecular complexity index is 403. The van der Waals surface area contributed by atoms with Crippen molar-refractivity contribution in [2.45, 2.75) is 33.6 Å². The fourth-order valence-electron chi connectivity index (χ4n) is 2.03. The lowest BCUT2D eigenvalue weighted by Gasteiger charge is -2.36. The molecule has 0 aromatic heterocycles. The summed E-state index contributed by atoms with van der Waals surface area (Å²) in [5, 5.41) is 0. The largest absolute Gasteiger partial charge is 0.330 e. The van der Waals surface area contributed by atoms with E-state index >= 15 is 0 Å². The van der Waals surface area contributed by atoms with E-state index in [1.54, 1.807) is 0 Å². The molecule has 1 unspecified atom stereocenters. The van der Waals surface area contributed by atoms with Gasteiger partial charge in [-0.1, -0.05) is 57.2 Å². The lowest BCUT2D eigenvalue weighted by atomic mass is 9.97. The summed E-state index contributed by atoms with van der Waals surface area (Å²) in [6.45, 7) is 15.0. The molecule has 1 aliphatic heterocycles. The van der Waals surface area contributed by atoms with Gasteiger partial charge in [-0.05, 0) is 44.6 Å². The second kappa shape index (κ2) is 10.6. The highest BCUT2D eigenvalue weighted by atomic mass is 15.5. The van der Waals surface area contributed by atoms with E-state index in [4.69, 9.17) is 5.73 Å². The molecule has 1 aromatic rings. The SMILES string of the molecule is C=C(C)c1cccc(C(C)CN)c1.CC.CN1CN(C)C1. The van der Waals surface area contributed by atoms with Gasteiger partial charge in [0, 0.05) is 0 Å². The predicted octanol–water partition coefficient (Wildman–Crippen LogP) is 3.59. The Morgan fingerprint density at radius 1 is 1.24 bits per heavy atom. The molecule has 1 fully saturated rings. The van der Waals surface area contributed by atoms with Crippen LogP contribution in [0.25, 0.3) is 5.57 Å². The van der Waals surface area contributed by atoms with Crippen molar-refractivity contribution in [3.63, 3.8) is 0 Å². The standard InChI is InChI=1S/C12H17N.C4H10N2.C2H6/c1-9(2)11-5-4-6-12(7-11)10(3)8-13;1-5-3-6(2)4-5;1-2/h4-7,10H,1,8,13H2,2-3H3;3-4H2,1-2H3;1-2H3. The molecule has 1 aliphatic rings. The molecular weight excluding hydrogens is 258 g/mol. The van der Waals surface area contributed by atoms with E-state index < -0.39 is 0 Å². The van der Waals surface area contributed by atoms with Gasteiger partial charge >= 0.3 is 0 Å². The second-order valence-corrected chi connectivity index (χ2v) is 5.54. The first-order valence-corrected chi connectivity index (χ1v) is 7.77. The monoisotopic (exact) mass is 291 g/mol. The number of benzene rings is 1. The smallest absolute Gasteiger partial charge is 0.0523 e. The van der Waals surface area contributed by atoms with Crippen molar-refractivity contribution in [2.75, 3.05) is 34.0 Å². The van der Waals surface area contributed by atoms with E-state index in [1.165, 1.54) is 11.1 Å². The third-order valence-electron chi connectivity index (χ3n) is 3.27. The number of nitrogens with zero attached hydrogens (tertiary/aromatic N) is 2. The number of nitrogens with two attached hydrogens (primary N) is 1. The number of rotatable bonds is 3. The van der Waals surface area contributed by atoms with Crippen molar-refractivity contribution in [1.29, 1.82) is 0 Å². The zero-order chi connectivity index (χ0) is 16.4. The van der Waals surface area contributed by atoms with E-state index in [1.807, 2.05) is 20.8 Å². The maximum absolute atomic E-state index is 5.61. The highest BCUT2D eigenvalue weighted by Crippen LogP contribution is 2.18. The summed E-state index contributed by atoms with van der Waals surface area (Å²) in [4.78, 5) is 4.50. The Hall–Kier alpha value is -1.16. The van der Waals surface area contributed by atoms with Crippen LogP contribution < -0.4 is 5.73 Å². The Morgan fingerprint density at radius 2 is 1.76 bits per heavy atom. The van der Waals surface area contributed by atoms with Gasteiger partial charge in [-0.2, -0.15) is 0 Å². The molecule has 0 bridgehead atoms. The Morgan fingerprint density at radius 3 is 2.10 bits per heavy atom. The van der Waals surface area contributed by atoms with Crippen LogP contribution in [0.2, 0.25) is 0 Å². The minimum Gasteiger partial charge on any atom is -0.330 e. The van der Waals surface area contributed by atoms with E-state index in [9.17, 15) is 0 Å². The average Bonchev–Trinajstić information content (AvgIpc) is 2.48. The van der Waals surface area contributed by atoms with Gasteiger partial charge in [0.15, 0.2) is 0 Å². The van der Waals surface area contributed by atoms with E-state index in [2.05, 4.69) is 61.7 Å². The molecule has 0 aliphatic carbocycles. The second-order valence-electron chi connectivity index (χ2n) is 5.54. The third-order valence-corrected chi connectivity index (χ3v) is 3.27. The molecule has 1 saturated heterocycles. The average molecular weight is 291 g/mol. The van der Waals surface area contributed by atoms with Gasteiger partial charge in [0.25, 0.3) is 0 Å². The van der Waals surface area contributed by atoms with Crippen LogP contribution in [-0.4, -0.2) is 43.8 Å². The summed E-state index contributed by atoms with van der Waals surface area (Å²) in [5.74, 6) is 0.430. The summed E-state index contributed by atoms with van der Waals surface area (Å²) < 4.78 is 0. The maximum atomic E-state index is 5.61. The van der Waals surface area contributed by atoms with Gasteiger partial charge in [0.1, 0.15) is 0 Å². The summed E-state index contributed by atoms with van der Waals surface area (Å²) in [7, 11) is 4.22. The molecule has 1 heterocycles. The van der Waals surface area contributed by atoms with Crippen LogP contribution in [0.1, 0.15) is 44.7 Å². The quantitative estimate of drug-likeness (QED) is 0.924. The summed E-state index contributed by atoms with van der Waals surface area (Å²) in [5.41, 5.74) is 9.21. The van der Waals surface area contributed by atoms with Gasteiger partial charge in [-0.25, -0.2) is 0 Å². The molecule has 2 rings (SSSR count). The zero-order valence-corrected chi connectivity index (χ0v) is 14.7. The predicted molar refractivity (Wildman–Crippen MR) is 95.2 cm³/mol. The van der Waals surface area contributed by atoms with Gasteiger partial charge in [-0.15, -0.1) is 0 Å². The fraction of sp³-hybridized carbons (Fsp3) is 0.556. The van der Waals surface area contributed by atoms with Crippen molar-refractivity contribution in [2.24, 2.45) is 5.73 Å². The van der Waals surface area contributed by atoms with Gasteiger partial charge in [-0.3, -0.25) is 9.80 Å². The van der Waals surface area contributed by atoms with Crippen LogP contribution in [0, 0.1) is 0 Å². The van der Waals surface area contributed by atoms with E-state index in [-0.39, 0.29) is 0 Å². The zero-order valence-electron chi connectivity index (χ0n) is 14.7. The van der Waals surface area contributed by atoms with Gasteiger partial charge in [0.2, 0.25) is 0 Å². The van der Waals surface area contributed by atoms with Crippen LogP contribution in [-0.2, 0) is 0 Å². The van der Waals surface area contributed by atoms with E-state index in [0.717, 1.165) is 18.9 Å². The highest BCUT2D eigenvalue weighted by Gasteiger charge is 2.12. The molecule has 2 N–H and O–H groups in total. The topological polar surface area (TPSA) is 32.5 Å². The summed E-state index contributed by atoms with van der Waals surface area (Å²) in [6.07, 6.45) is 0. The fourth-order valence-corrected chi connectivity index (χ4v) is 2.03. The van der Waals surface area contributed by atoms with Crippen LogP contribution in [0.5, 0.6) is 0 Å². The van der Waals surface area contributed by atoms with Gasteiger partial charge < -0.3 is 5.73 Å². The van der Waals surface area contributed by atoms with Crippen molar-refractivity contribution >= 4 is 5.57 Å². The van der Waals surface area contributed by atoms with Crippen LogP contribution >= 0.6 is 0 Å². The number of hydrogen-bond acceptors (Lipinski definition) is 3. The van der Waals surface area contributed by atoms with E-state index in [0.29, 0.717) is 12.5 Å². The molecule has 0 radical (unpaired) electrons. The first-order valence-electron chi connectivity index (χ1n) is 7.77. The molecule has 1 atom stereocenters. The highest BCUT2D eigenvalue weighted by molar-refractivity contribution is 5.61. The first-order chi connectivity index (χ1) is 9.93. The molecular formula is C18H33N3. The lowest BCUT2D eigenvalue weighted by Crippen LogP contribution is -2.50. The normalized spacial score (nSPS) is 15.8. The van der Waals surface area contributed by atoms with Crippen LogP contribution in [0.4, 0.5) is 0 Å². The van der Waals surface area contributed by atoms with Crippen molar-refractivity contribution < 1.29 is 0 Å². The maximum Gasteiger partial charge on any atom is 0.0523 e. The molecule has 0 spiro atoms. The molecule has 21 heavy (non-hydrogen) atoms. The molecule has 3 nitrogen and oxygen atoms in total. The minimum absolute atomic E-state index is 0.430. The van der Waals surface area contributed by atoms with Crippen molar-refractivity contribution in [3.05, 3.63) is 42.0 Å². The van der Waals surface area contributed by atoms with Gasteiger partial charge in [0.05, 0.1) is 13.3 Å². The first kappa shape index (κ1) is 19.8. The van der Waals surface area contributed by atoms with Crippen LogP contribution in [0.15, 0.2) is 30.8 Å². The van der Waals surface area contributed by atoms with Crippen molar-refractivity contribution in [3.8, 4) is 0 Å². The minimum atomic E-state index is 0.430. The Balaban J connectivity index is 0.000000416. The summed E-state index contributed by atoms with van der Waals surface area (Å²) in [6, 6.07) is 8.42. The molecule has 120 valence electrons. The molecule has 0 saturated carbocycles. The van der Waals surface area contributed by atoms with Crippen LogP contribution in [0.3, 0.4) is 0 Å².